The van der Waals surface area contributed by atoms with Crippen molar-refractivity contribution in [1.82, 2.24) is 0 Å². The van der Waals surface area contributed by atoms with Crippen LogP contribution in [-0.4, -0.2) is 38.0 Å². The molecule has 122 valence electrons. The van der Waals surface area contributed by atoms with Gasteiger partial charge in [0, 0.05) is 0 Å². The van der Waals surface area contributed by atoms with Crippen LogP contribution in [0.1, 0.15) is 26.2 Å². The fourth-order valence-corrected chi connectivity index (χ4v) is 5.02. The number of aliphatic hydroxyl groups is 1. The molecule has 1 aromatic rings. The van der Waals surface area contributed by atoms with Gasteiger partial charge < -0.3 is 9.84 Å². The molecular formula is C16H22O5S. The van der Waals surface area contributed by atoms with E-state index in [-0.39, 0.29) is 5.92 Å². The molecule has 1 aliphatic carbocycles. The number of methoxy groups -OCH3 is 1. The Morgan fingerprint density at radius 2 is 1.86 bits per heavy atom. The molecule has 0 saturated heterocycles. The molecule has 0 radical (unpaired) electrons. The second-order valence-corrected chi connectivity index (χ2v) is 8.12. The van der Waals surface area contributed by atoms with Gasteiger partial charge in [0.2, 0.25) is 0 Å². The van der Waals surface area contributed by atoms with Gasteiger partial charge in [-0.05, 0) is 37.3 Å². The SMILES string of the molecule is COC(=O)[C@H]1CC[C@H](S(=O)(=O)c2ccccc2)C[C@@H](C)[C@@H]1O. The maximum Gasteiger partial charge on any atom is 0.311 e. The van der Waals surface area contributed by atoms with Crippen molar-refractivity contribution in [3.05, 3.63) is 30.3 Å². The quantitative estimate of drug-likeness (QED) is 0.677. The van der Waals surface area contributed by atoms with Crippen molar-refractivity contribution < 1.29 is 23.1 Å². The van der Waals surface area contributed by atoms with Crippen LogP contribution in [0.5, 0.6) is 0 Å². The van der Waals surface area contributed by atoms with Gasteiger partial charge in [0.15, 0.2) is 9.84 Å². The van der Waals surface area contributed by atoms with E-state index in [9.17, 15) is 18.3 Å². The van der Waals surface area contributed by atoms with Crippen LogP contribution in [0.15, 0.2) is 35.2 Å². The van der Waals surface area contributed by atoms with Crippen molar-refractivity contribution in [2.24, 2.45) is 11.8 Å². The van der Waals surface area contributed by atoms with Gasteiger partial charge in [-0.25, -0.2) is 8.42 Å². The Morgan fingerprint density at radius 1 is 1.23 bits per heavy atom. The highest BCUT2D eigenvalue weighted by molar-refractivity contribution is 7.92. The molecule has 6 heteroatoms. The lowest BCUT2D eigenvalue weighted by atomic mass is 9.91. The Kier molecular flexibility index (Phi) is 5.24. The van der Waals surface area contributed by atoms with Crippen LogP contribution in [0.2, 0.25) is 0 Å². The third-order valence-electron chi connectivity index (χ3n) is 4.44. The van der Waals surface area contributed by atoms with Crippen molar-refractivity contribution >= 4 is 15.8 Å². The van der Waals surface area contributed by atoms with E-state index < -0.39 is 33.1 Å². The van der Waals surface area contributed by atoms with Gasteiger partial charge in [0.1, 0.15) is 0 Å². The van der Waals surface area contributed by atoms with Gasteiger partial charge in [-0.1, -0.05) is 25.1 Å². The Bertz CT molecular complexity index is 611. The van der Waals surface area contributed by atoms with E-state index in [1.807, 2.05) is 0 Å². The Hall–Kier alpha value is -1.40. The van der Waals surface area contributed by atoms with Crippen molar-refractivity contribution in [2.45, 2.75) is 42.4 Å². The molecular weight excluding hydrogens is 304 g/mol. The molecule has 1 N–H and O–H groups in total. The molecule has 0 unspecified atom stereocenters. The number of esters is 1. The van der Waals surface area contributed by atoms with E-state index in [1.54, 1.807) is 37.3 Å². The Morgan fingerprint density at radius 3 is 2.45 bits per heavy atom. The summed E-state index contributed by atoms with van der Waals surface area (Å²) in [6, 6.07) is 8.32. The van der Waals surface area contributed by atoms with Crippen molar-refractivity contribution in [2.75, 3.05) is 7.11 Å². The van der Waals surface area contributed by atoms with Crippen molar-refractivity contribution in [3.8, 4) is 0 Å². The van der Waals surface area contributed by atoms with E-state index in [4.69, 9.17) is 4.74 Å². The van der Waals surface area contributed by atoms with E-state index in [0.717, 1.165) is 0 Å². The lowest BCUT2D eigenvalue weighted by Gasteiger charge is -2.22. The Labute approximate surface area is 131 Å². The molecule has 1 fully saturated rings. The number of carbonyl (C=O) groups is 1. The number of hydrogen-bond donors (Lipinski definition) is 1. The number of rotatable bonds is 3. The second-order valence-electron chi connectivity index (χ2n) is 5.89. The zero-order chi connectivity index (χ0) is 16.3. The van der Waals surface area contributed by atoms with Crippen LogP contribution in [0.25, 0.3) is 0 Å². The highest BCUT2D eigenvalue weighted by Crippen LogP contribution is 2.34. The molecule has 0 aliphatic heterocycles. The molecule has 5 nitrogen and oxygen atoms in total. The van der Waals surface area contributed by atoms with Crippen LogP contribution < -0.4 is 0 Å². The van der Waals surface area contributed by atoms with Gasteiger partial charge in [-0.3, -0.25) is 4.79 Å². The molecule has 22 heavy (non-hydrogen) atoms. The average molecular weight is 326 g/mol. The van der Waals surface area contributed by atoms with Crippen LogP contribution in [0.4, 0.5) is 0 Å². The Balaban J connectivity index is 2.26. The molecule has 0 amide bonds. The number of hydrogen-bond acceptors (Lipinski definition) is 5. The number of ether oxygens (including phenoxy) is 1. The largest absolute Gasteiger partial charge is 0.469 e. The highest BCUT2D eigenvalue weighted by Gasteiger charge is 2.40. The molecule has 4 atom stereocenters. The minimum absolute atomic E-state index is 0.282. The van der Waals surface area contributed by atoms with Crippen LogP contribution in [-0.2, 0) is 19.4 Å². The summed E-state index contributed by atoms with van der Waals surface area (Å²) in [5, 5.41) is 9.69. The first kappa shape index (κ1) is 17.0. The molecule has 1 aromatic carbocycles. The topological polar surface area (TPSA) is 80.7 Å². The van der Waals surface area contributed by atoms with Gasteiger partial charge in [0.25, 0.3) is 0 Å². The normalized spacial score (nSPS) is 29.6. The molecule has 0 aromatic heterocycles. The lowest BCUT2D eigenvalue weighted by Crippen LogP contribution is -2.33. The fraction of sp³-hybridized carbons (Fsp3) is 0.562. The first-order valence-corrected chi connectivity index (χ1v) is 8.97. The smallest absolute Gasteiger partial charge is 0.311 e. The van der Waals surface area contributed by atoms with Gasteiger partial charge in [-0.15, -0.1) is 0 Å². The van der Waals surface area contributed by atoms with E-state index in [2.05, 4.69) is 0 Å². The third-order valence-corrected chi connectivity index (χ3v) is 6.68. The minimum atomic E-state index is -3.46. The minimum Gasteiger partial charge on any atom is -0.469 e. The summed E-state index contributed by atoms with van der Waals surface area (Å²) in [6.07, 6.45) is 0.127. The van der Waals surface area contributed by atoms with Gasteiger partial charge in [-0.2, -0.15) is 0 Å². The second kappa shape index (κ2) is 6.79. The van der Waals surface area contributed by atoms with Gasteiger partial charge in [0.05, 0.1) is 29.3 Å². The third kappa shape index (κ3) is 3.33. The molecule has 1 aliphatic rings. The van der Waals surface area contributed by atoms with Crippen LogP contribution in [0.3, 0.4) is 0 Å². The number of sulfone groups is 1. The zero-order valence-electron chi connectivity index (χ0n) is 12.8. The first-order chi connectivity index (χ1) is 10.4. The standard InChI is InChI=1S/C16H22O5S/c1-11-10-13(8-9-14(15(11)17)16(18)21-2)22(19,20)12-6-4-3-5-7-12/h3-7,11,13-15,17H,8-10H2,1-2H3/t11-,13+,14+,15+/m1/s1. The van der Waals surface area contributed by atoms with Gasteiger partial charge >= 0.3 is 5.97 Å². The summed E-state index contributed by atoms with van der Waals surface area (Å²) in [5.74, 6) is -1.41. The number of benzene rings is 1. The van der Waals surface area contributed by atoms with Crippen LogP contribution in [0, 0.1) is 11.8 Å². The monoisotopic (exact) mass is 326 g/mol. The molecule has 1 saturated carbocycles. The molecule has 0 heterocycles. The lowest BCUT2D eigenvalue weighted by molar-refractivity contribution is -0.150. The number of carbonyl (C=O) groups excluding carboxylic acids is 1. The van der Waals surface area contributed by atoms with Crippen molar-refractivity contribution in [1.29, 1.82) is 0 Å². The van der Waals surface area contributed by atoms with E-state index in [0.29, 0.717) is 24.2 Å². The van der Waals surface area contributed by atoms with E-state index in [1.165, 1.54) is 7.11 Å². The average Bonchev–Trinajstić information content (AvgIpc) is 2.67. The summed E-state index contributed by atoms with van der Waals surface area (Å²) >= 11 is 0. The maximum absolute atomic E-state index is 12.7. The van der Waals surface area contributed by atoms with E-state index >= 15 is 0 Å². The summed E-state index contributed by atoms with van der Waals surface area (Å²) in [7, 11) is -2.18. The maximum atomic E-state index is 12.7. The summed E-state index contributed by atoms with van der Waals surface area (Å²) in [4.78, 5) is 12.1. The number of aliphatic hydroxyl groups excluding tert-OH is 1. The fourth-order valence-electron chi connectivity index (χ4n) is 3.10. The molecule has 0 spiro atoms. The van der Waals surface area contributed by atoms with Crippen LogP contribution >= 0.6 is 0 Å². The molecule has 2 rings (SSSR count). The predicted molar refractivity (Wildman–Crippen MR) is 81.9 cm³/mol. The van der Waals surface area contributed by atoms with Crippen molar-refractivity contribution in [3.63, 3.8) is 0 Å². The summed E-state index contributed by atoms with van der Waals surface area (Å²) in [5.41, 5.74) is 0. The summed E-state index contributed by atoms with van der Waals surface area (Å²) < 4.78 is 30.2. The summed E-state index contributed by atoms with van der Waals surface area (Å²) in [6.45, 7) is 1.78. The molecule has 0 bridgehead atoms. The highest BCUT2D eigenvalue weighted by atomic mass is 32.2. The zero-order valence-corrected chi connectivity index (χ0v) is 13.6. The first-order valence-electron chi connectivity index (χ1n) is 7.42. The predicted octanol–water partition coefficient (Wildman–Crippen LogP) is 1.80.